The molecule has 0 atom stereocenters. The molecule has 0 saturated carbocycles. The fourth-order valence-corrected chi connectivity index (χ4v) is 0. The molecule has 0 bridgehead atoms. The van der Waals surface area contributed by atoms with Gasteiger partial charge in [-0.05, 0) is 11.6 Å². The SMILES string of the molecule is F.O=C(Cl)C(F)(F)F. The summed E-state index contributed by atoms with van der Waals surface area (Å²) in [5.74, 6) is 0. The Bertz CT molecular complexity index is 86.5. The van der Waals surface area contributed by atoms with Crippen molar-refractivity contribution in [2.24, 2.45) is 0 Å². The number of carbonyl (C=O) groups excluding carboxylic acids is 1. The molecule has 6 heteroatoms. The number of carbonyl (C=O) groups is 1. The second-order valence-electron chi connectivity index (χ2n) is 0.771. The Morgan fingerprint density at radius 3 is 1.50 bits per heavy atom. The lowest BCUT2D eigenvalue weighted by atomic mass is 10.8. The van der Waals surface area contributed by atoms with E-state index >= 15 is 0 Å². The molecule has 0 unspecified atom stereocenters. The first kappa shape index (κ1) is 10.6. The molecule has 0 amide bonds. The smallest absolute Gasteiger partial charge is 0.271 e. The summed E-state index contributed by atoms with van der Waals surface area (Å²) in [7, 11) is 0. The molecule has 0 N–H and O–H groups in total. The van der Waals surface area contributed by atoms with Crippen molar-refractivity contribution in [3.63, 3.8) is 0 Å². The first-order valence-electron chi connectivity index (χ1n) is 1.21. The van der Waals surface area contributed by atoms with Crippen molar-refractivity contribution >= 4 is 16.8 Å². The van der Waals surface area contributed by atoms with Gasteiger partial charge in [0.2, 0.25) is 0 Å². The van der Waals surface area contributed by atoms with Crippen molar-refractivity contribution in [3.05, 3.63) is 0 Å². The van der Waals surface area contributed by atoms with E-state index < -0.39 is 11.4 Å². The third-order valence-corrected chi connectivity index (χ3v) is 0.437. The summed E-state index contributed by atoms with van der Waals surface area (Å²) in [5, 5.41) is -2.28. The van der Waals surface area contributed by atoms with E-state index in [1.807, 2.05) is 0 Å². The van der Waals surface area contributed by atoms with Crippen LogP contribution in [0.2, 0.25) is 0 Å². The highest BCUT2D eigenvalue weighted by atomic mass is 35.5. The summed E-state index contributed by atoms with van der Waals surface area (Å²) < 4.78 is 32.1. The van der Waals surface area contributed by atoms with Crippen LogP contribution in [-0.2, 0) is 4.79 Å². The molecule has 0 aromatic carbocycles. The zero-order chi connectivity index (χ0) is 6.08. The molecular weight excluding hydrogens is 151 g/mol. The lowest BCUT2D eigenvalue weighted by Gasteiger charge is -1.93. The van der Waals surface area contributed by atoms with Crippen molar-refractivity contribution in [3.8, 4) is 0 Å². The normalized spacial score (nSPS) is 10.0. The second kappa shape index (κ2) is 2.86. The lowest BCUT2D eigenvalue weighted by Crippen LogP contribution is -2.15. The Balaban J connectivity index is 0. The van der Waals surface area contributed by atoms with Crippen LogP contribution < -0.4 is 0 Å². The van der Waals surface area contributed by atoms with Gasteiger partial charge in [0, 0.05) is 0 Å². The van der Waals surface area contributed by atoms with E-state index in [2.05, 4.69) is 11.6 Å². The first-order chi connectivity index (χ1) is 2.94. The Morgan fingerprint density at radius 2 is 1.50 bits per heavy atom. The van der Waals surface area contributed by atoms with Crippen molar-refractivity contribution in [2.75, 3.05) is 0 Å². The van der Waals surface area contributed by atoms with E-state index in [0.29, 0.717) is 0 Å². The van der Waals surface area contributed by atoms with Gasteiger partial charge in [-0.1, -0.05) is 0 Å². The average molecular weight is 152 g/mol. The van der Waals surface area contributed by atoms with Gasteiger partial charge in [-0.15, -0.1) is 0 Å². The standard InChI is InChI=1S/C2ClF3O.FH/c3-1(7)2(4,5)6;/h;1H. The summed E-state index contributed by atoms with van der Waals surface area (Å²) in [6, 6.07) is 0. The molecule has 0 spiro atoms. The minimum absolute atomic E-state index is 0. The Kier molecular flexibility index (Phi) is 3.80. The highest BCUT2D eigenvalue weighted by molar-refractivity contribution is 6.64. The van der Waals surface area contributed by atoms with Gasteiger partial charge in [-0.3, -0.25) is 9.50 Å². The average Bonchev–Trinajstić information content (AvgIpc) is 1.31. The van der Waals surface area contributed by atoms with E-state index in [-0.39, 0.29) is 4.70 Å². The van der Waals surface area contributed by atoms with Crippen LogP contribution >= 0.6 is 11.6 Å². The van der Waals surface area contributed by atoms with E-state index in [1.54, 1.807) is 0 Å². The molecule has 0 saturated heterocycles. The Hall–Kier alpha value is -0.320. The molecule has 50 valence electrons. The van der Waals surface area contributed by atoms with Crippen molar-refractivity contribution in [2.45, 2.75) is 6.18 Å². The summed E-state index contributed by atoms with van der Waals surface area (Å²) in [4.78, 5) is 9.11. The number of alkyl halides is 3. The van der Waals surface area contributed by atoms with Gasteiger partial charge < -0.3 is 0 Å². The third-order valence-electron chi connectivity index (χ3n) is 0.223. The maximum absolute atomic E-state index is 10.7. The molecule has 0 heterocycles. The largest absolute Gasteiger partial charge is 0.466 e. The van der Waals surface area contributed by atoms with Gasteiger partial charge in [-0.2, -0.15) is 13.2 Å². The third kappa shape index (κ3) is 3.86. The van der Waals surface area contributed by atoms with Crippen molar-refractivity contribution in [1.82, 2.24) is 0 Å². The van der Waals surface area contributed by atoms with Gasteiger partial charge >= 0.3 is 11.4 Å². The Labute approximate surface area is 46.8 Å². The summed E-state index contributed by atoms with van der Waals surface area (Å²) in [6.07, 6.45) is -4.87. The molecular formula is C2HClF4O. The molecule has 0 aromatic rings. The number of hydrogen-bond acceptors (Lipinski definition) is 1. The predicted molar refractivity (Wildman–Crippen MR) is 19.4 cm³/mol. The first-order valence-corrected chi connectivity index (χ1v) is 1.59. The maximum atomic E-state index is 10.7. The van der Waals surface area contributed by atoms with Gasteiger partial charge in [0.15, 0.2) is 0 Å². The fraction of sp³-hybridized carbons (Fsp3) is 0.500. The van der Waals surface area contributed by atoms with Crippen LogP contribution in [0.15, 0.2) is 0 Å². The Morgan fingerprint density at radius 1 is 1.38 bits per heavy atom. The molecule has 0 fully saturated rings. The van der Waals surface area contributed by atoms with Crippen LogP contribution in [0.5, 0.6) is 0 Å². The van der Waals surface area contributed by atoms with Gasteiger partial charge in [0.25, 0.3) is 0 Å². The molecule has 0 rings (SSSR count). The maximum Gasteiger partial charge on any atom is 0.466 e. The minimum atomic E-state index is -4.87. The second-order valence-corrected chi connectivity index (χ2v) is 1.11. The van der Waals surface area contributed by atoms with Crippen LogP contribution in [0.1, 0.15) is 0 Å². The molecule has 0 aliphatic carbocycles. The van der Waals surface area contributed by atoms with E-state index in [9.17, 15) is 13.2 Å². The van der Waals surface area contributed by atoms with Crippen LogP contribution in [0, 0.1) is 0 Å². The molecule has 0 aliphatic rings. The lowest BCUT2D eigenvalue weighted by molar-refractivity contribution is -0.161. The highest BCUT2D eigenvalue weighted by Crippen LogP contribution is 2.17. The molecule has 1 nitrogen and oxygen atoms in total. The predicted octanol–water partition coefficient (Wildman–Crippen LogP) is 1.47. The van der Waals surface area contributed by atoms with Gasteiger partial charge in [0.05, 0.1) is 0 Å². The van der Waals surface area contributed by atoms with E-state index in [4.69, 9.17) is 4.79 Å². The van der Waals surface area contributed by atoms with Crippen LogP contribution in [0.25, 0.3) is 0 Å². The van der Waals surface area contributed by atoms with Crippen LogP contribution in [-0.4, -0.2) is 11.4 Å². The van der Waals surface area contributed by atoms with Crippen LogP contribution in [0.4, 0.5) is 17.9 Å². The van der Waals surface area contributed by atoms with Crippen LogP contribution in [0.3, 0.4) is 0 Å². The summed E-state index contributed by atoms with van der Waals surface area (Å²) >= 11 is 3.99. The highest BCUT2D eigenvalue weighted by Gasteiger charge is 2.36. The van der Waals surface area contributed by atoms with Gasteiger partial charge in [0.1, 0.15) is 0 Å². The van der Waals surface area contributed by atoms with Crippen molar-refractivity contribution < 1.29 is 22.7 Å². The van der Waals surface area contributed by atoms with Gasteiger partial charge in [-0.25, -0.2) is 0 Å². The number of rotatable bonds is 0. The molecule has 0 aromatic heterocycles. The van der Waals surface area contributed by atoms with Crippen molar-refractivity contribution in [1.29, 1.82) is 0 Å². The number of hydrogen-bond donors (Lipinski definition) is 0. The quantitative estimate of drug-likeness (QED) is 0.379. The zero-order valence-corrected chi connectivity index (χ0v) is 4.08. The summed E-state index contributed by atoms with van der Waals surface area (Å²) in [5.41, 5.74) is 0. The van der Waals surface area contributed by atoms with E-state index in [0.717, 1.165) is 0 Å². The molecule has 0 radical (unpaired) electrons. The zero-order valence-electron chi connectivity index (χ0n) is 3.33. The fourth-order valence-electron chi connectivity index (χ4n) is 0. The monoisotopic (exact) mass is 152 g/mol. The molecule has 8 heavy (non-hydrogen) atoms. The van der Waals surface area contributed by atoms with E-state index in [1.165, 1.54) is 0 Å². The molecule has 0 aliphatic heterocycles. The minimum Gasteiger partial charge on any atom is -0.271 e. The topological polar surface area (TPSA) is 17.1 Å². The number of halogens is 5. The summed E-state index contributed by atoms with van der Waals surface area (Å²) in [6.45, 7) is 0.